The van der Waals surface area contributed by atoms with E-state index in [0.717, 1.165) is 12.1 Å². The van der Waals surface area contributed by atoms with Gasteiger partial charge in [0.1, 0.15) is 58.7 Å². The molecule has 2 fully saturated rings. The molecule has 16 nitrogen and oxygen atoms in total. The van der Waals surface area contributed by atoms with Crippen molar-refractivity contribution in [2.45, 2.75) is 68.3 Å². The molecule has 0 spiro atoms. The number of hydrogen-bond donors (Lipinski definition) is 9. The zero-order valence-electron chi connectivity index (χ0n) is 22.1. The van der Waals surface area contributed by atoms with Crippen LogP contribution >= 0.6 is 0 Å². The van der Waals surface area contributed by atoms with Crippen molar-refractivity contribution in [3.05, 3.63) is 46.6 Å². The molecule has 16 heteroatoms. The molecule has 0 aliphatic carbocycles. The fourth-order valence-corrected chi connectivity index (χ4v) is 4.86. The predicted molar refractivity (Wildman–Crippen MR) is 139 cm³/mol. The van der Waals surface area contributed by atoms with Crippen molar-refractivity contribution in [2.24, 2.45) is 0 Å². The molecule has 0 saturated carbocycles. The van der Waals surface area contributed by atoms with Gasteiger partial charge >= 0.3 is 5.97 Å². The SMILES string of the molecule is CC1OC(OC2C(Oc3c(-c4ccc(O)cc4)oc4cc(O)cc(O)c4c3=O)OC(C(=O)O)C(O)C2O)C(O)C(O)C1O. The lowest BCUT2D eigenvalue weighted by atomic mass is 9.97. The van der Waals surface area contributed by atoms with Crippen LogP contribution in [0.2, 0.25) is 0 Å². The first-order valence-corrected chi connectivity index (χ1v) is 12.9. The average Bonchev–Trinajstić information content (AvgIpc) is 2.95. The summed E-state index contributed by atoms with van der Waals surface area (Å²) < 4.78 is 28.0. The molecule has 0 radical (unpaired) electrons. The van der Waals surface area contributed by atoms with E-state index < -0.39 is 95.4 Å². The molecule has 1 aromatic heterocycles. The number of rotatable bonds is 6. The van der Waals surface area contributed by atoms with Gasteiger partial charge in [-0.05, 0) is 31.2 Å². The van der Waals surface area contributed by atoms with E-state index in [-0.39, 0.29) is 22.7 Å². The fraction of sp³-hybridized carbons (Fsp3) is 0.407. The number of phenolic OH excluding ortho intramolecular Hbond substituents is 3. The molecule has 43 heavy (non-hydrogen) atoms. The first kappa shape index (κ1) is 30.5. The summed E-state index contributed by atoms with van der Waals surface area (Å²) in [5.41, 5.74) is -1.21. The topological polar surface area (TPSA) is 266 Å². The number of ether oxygens (including phenoxy) is 4. The van der Waals surface area contributed by atoms with Gasteiger partial charge in [-0.2, -0.15) is 0 Å². The van der Waals surface area contributed by atoms with E-state index in [9.17, 15) is 55.5 Å². The van der Waals surface area contributed by atoms with Crippen molar-refractivity contribution < 1.29 is 74.1 Å². The second-order valence-corrected chi connectivity index (χ2v) is 10.1. The van der Waals surface area contributed by atoms with Crippen LogP contribution in [-0.4, -0.2) is 113 Å². The number of aliphatic hydroxyl groups is 5. The highest BCUT2D eigenvalue weighted by atomic mass is 16.8. The highest BCUT2D eigenvalue weighted by Crippen LogP contribution is 2.38. The molecule has 3 aromatic rings. The van der Waals surface area contributed by atoms with Crippen LogP contribution in [0.5, 0.6) is 23.0 Å². The monoisotopic (exact) mass is 608 g/mol. The minimum Gasteiger partial charge on any atom is -0.508 e. The Morgan fingerprint density at radius 2 is 1.49 bits per heavy atom. The summed E-state index contributed by atoms with van der Waals surface area (Å²) >= 11 is 0. The number of benzene rings is 2. The molecule has 5 rings (SSSR count). The van der Waals surface area contributed by atoms with E-state index in [0.29, 0.717) is 0 Å². The molecular formula is C27H28O16. The van der Waals surface area contributed by atoms with Gasteiger partial charge in [-0.3, -0.25) is 4.79 Å². The van der Waals surface area contributed by atoms with E-state index in [1.54, 1.807) is 0 Å². The molecule has 10 atom stereocenters. The Morgan fingerprint density at radius 1 is 0.814 bits per heavy atom. The standard InChI is InChI=1S/C27H28O16/c1-8-15(31)17(33)20(36)26(39-8)43-24-19(35)18(34)23(25(37)38)42-27(24)41-22-16(32)14-12(30)6-11(29)7-13(14)40-21(22)9-2-4-10(28)5-3-9/h2-8,15,17-20,23-24,26-31,33-36H,1H3,(H,37,38). The Bertz CT molecular complexity index is 1550. The largest absolute Gasteiger partial charge is 0.508 e. The van der Waals surface area contributed by atoms with Gasteiger partial charge in [0, 0.05) is 17.7 Å². The van der Waals surface area contributed by atoms with Crippen LogP contribution in [0.4, 0.5) is 0 Å². The Hall–Kier alpha value is -4.00. The summed E-state index contributed by atoms with van der Waals surface area (Å²) in [6, 6.07) is 7.03. The van der Waals surface area contributed by atoms with Crippen LogP contribution in [0, 0.1) is 0 Å². The van der Waals surface area contributed by atoms with E-state index in [4.69, 9.17) is 23.4 Å². The number of carbonyl (C=O) groups is 1. The number of aromatic hydroxyl groups is 3. The van der Waals surface area contributed by atoms with Crippen LogP contribution in [0.15, 0.2) is 45.6 Å². The van der Waals surface area contributed by atoms with Crippen molar-refractivity contribution in [3.8, 4) is 34.3 Å². The maximum absolute atomic E-state index is 13.7. The number of carboxylic acid groups (broad SMARTS) is 1. The second-order valence-electron chi connectivity index (χ2n) is 10.1. The maximum atomic E-state index is 13.7. The Kier molecular flexibility index (Phi) is 8.21. The fourth-order valence-electron chi connectivity index (χ4n) is 4.86. The molecule has 9 N–H and O–H groups in total. The van der Waals surface area contributed by atoms with Gasteiger partial charge in [0.2, 0.25) is 17.5 Å². The zero-order chi connectivity index (χ0) is 31.3. The minimum absolute atomic E-state index is 0.121. The molecule has 2 saturated heterocycles. The molecule has 2 aliphatic rings. The van der Waals surface area contributed by atoms with Crippen LogP contribution in [-0.2, 0) is 19.0 Å². The van der Waals surface area contributed by atoms with Crippen LogP contribution in [0.3, 0.4) is 0 Å². The van der Waals surface area contributed by atoms with Gasteiger partial charge in [0.05, 0.1) is 6.10 Å². The molecular weight excluding hydrogens is 580 g/mol. The van der Waals surface area contributed by atoms with E-state index in [1.807, 2.05) is 0 Å². The summed E-state index contributed by atoms with van der Waals surface area (Å²) in [7, 11) is 0. The second kappa shape index (κ2) is 11.6. The normalized spacial score (nSPS) is 32.9. The average molecular weight is 609 g/mol. The summed E-state index contributed by atoms with van der Waals surface area (Å²) in [5.74, 6) is -4.09. The number of carboxylic acids is 1. The smallest absolute Gasteiger partial charge is 0.335 e. The highest BCUT2D eigenvalue weighted by Gasteiger charge is 2.53. The molecule has 0 bridgehead atoms. The third kappa shape index (κ3) is 5.57. The van der Waals surface area contributed by atoms with E-state index >= 15 is 0 Å². The number of phenols is 3. The molecule has 232 valence electrons. The first-order chi connectivity index (χ1) is 20.3. The lowest BCUT2D eigenvalue weighted by molar-refractivity contribution is -0.351. The molecule has 0 amide bonds. The maximum Gasteiger partial charge on any atom is 0.335 e. The van der Waals surface area contributed by atoms with Gasteiger partial charge in [-0.1, -0.05) is 0 Å². The van der Waals surface area contributed by atoms with Crippen LogP contribution in [0.1, 0.15) is 6.92 Å². The van der Waals surface area contributed by atoms with Gasteiger partial charge < -0.3 is 69.3 Å². The highest BCUT2D eigenvalue weighted by molar-refractivity contribution is 5.88. The lowest BCUT2D eigenvalue weighted by Crippen LogP contribution is -2.65. The van der Waals surface area contributed by atoms with Crippen molar-refractivity contribution in [3.63, 3.8) is 0 Å². The van der Waals surface area contributed by atoms with Crippen molar-refractivity contribution >= 4 is 16.9 Å². The number of fused-ring (bicyclic) bond motifs is 1. The summed E-state index contributed by atoms with van der Waals surface area (Å²) in [5, 5.41) is 91.2. The third-order valence-electron chi connectivity index (χ3n) is 7.17. The van der Waals surface area contributed by atoms with Gasteiger partial charge in [0.15, 0.2) is 24.3 Å². The third-order valence-corrected chi connectivity index (χ3v) is 7.17. The van der Waals surface area contributed by atoms with Gasteiger partial charge in [-0.15, -0.1) is 0 Å². The Labute approximate surface area is 240 Å². The first-order valence-electron chi connectivity index (χ1n) is 12.9. The summed E-state index contributed by atoms with van der Waals surface area (Å²) in [6.45, 7) is 1.35. The number of hydrogen-bond acceptors (Lipinski definition) is 15. The van der Waals surface area contributed by atoms with Gasteiger partial charge in [0.25, 0.3) is 0 Å². The minimum atomic E-state index is -2.12. The molecule has 2 aromatic carbocycles. The molecule has 2 aliphatic heterocycles. The summed E-state index contributed by atoms with van der Waals surface area (Å²) in [6.07, 6.45) is -18.3. The van der Waals surface area contributed by atoms with Crippen molar-refractivity contribution in [1.29, 1.82) is 0 Å². The lowest BCUT2D eigenvalue weighted by Gasteiger charge is -2.45. The van der Waals surface area contributed by atoms with Crippen molar-refractivity contribution in [2.75, 3.05) is 0 Å². The molecule has 10 unspecified atom stereocenters. The predicted octanol–water partition coefficient (Wildman–Crippen LogP) is -1.30. The number of aliphatic carboxylic acids is 1. The Balaban J connectivity index is 1.62. The van der Waals surface area contributed by atoms with Crippen molar-refractivity contribution in [1.82, 2.24) is 0 Å². The Morgan fingerprint density at radius 3 is 2.14 bits per heavy atom. The van der Waals surface area contributed by atoms with Gasteiger partial charge in [-0.25, -0.2) is 4.79 Å². The zero-order valence-corrected chi connectivity index (χ0v) is 22.1. The van der Waals surface area contributed by atoms with E-state index in [2.05, 4.69) is 0 Å². The molecule has 3 heterocycles. The van der Waals surface area contributed by atoms with Crippen LogP contribution < -0.4 is 10.2 Å². The van der Waals surface area contributed by atoms with Crippen LogP contribution in [0.25, 0.3) is 22.3 Å². The quantitative estimate of drug-likeness (QED) is 0.157. The van der Waals surface area contributed by atoms with E-state index in [1.165, 1.54) is 31.2 Å². The number of aliphatic hydroxyl groups excluding tert-OH is 5. The summed E-state index contributed by atoms with van der Waals surface area (Å²) in [4.78, 5) is 25.5.